The maximum Gasteiger partial charge on any atom is 0.230 e. The van der Waals surface area contributed by atoms with Gasteiger partial charge in [-0.25, -0.2) is 12.7 Å². The number of benzene rings is 1. The van der Waals surface area contributed by atoms with Gasteiger partial charge in [0.2, 0.25) is 21.1 Å². The largest absolute Gasteiger partial charge is 0.300 e. The zero-order valence-corrected chi connectivity index (χ0v) is 20.3. The molecule has 1 fully saturated rings. The number of carbonyl (C=O) groups excluding carboxylic acids is 1. The van der Waals surface area contributed by atoms with E-state index < -0.39 is 15.9 Å². The highest BCUT2D eigenvalue weighted by Crippen LogP contribution is 2.28. The van der Waals surface area contributed by atoms with Crippen molar-refractivity contribution in [3.63, 3.8) is 0 Å². The Bertz CT molecular complexity index is 1000. The first-order valence-corrected chi connectivity index (χ1v) is 13.6. The van der Waals surface area contributed by atoms with Crippen LogP contribution in [-0.2, 0) is 20.6 Å². The molecule has 0 radical (unpaired) electrons. The highest BCUT2D eigenvalue weighted by atomic mass is 35.5. The number of hydrogen-bond donors (Lipinski definition) is 1. The smallest absolute Gasteiger partial charge is 0.230 e. The molecular weight excluding hydrogens is 487 g/mol. The second kappa shape index (κ2) is 10.6. The molecule has 164 valence electrons. The number of anilines is 1. The third kappa shape index (κ3) is 6.30. The van der Waals surface area contributed by atoms with E-state index in [1.54, 1.807) is 30.0 Å². The summed E-state index contributed by atoms with van der Waals surface area (Å²) in [5.74, 6) is 0.0920. The molecule has 0 saturated carbocycles. The van der Waals surface area contributed by atoms with Crippen LogP contribution in [0.25, 0.3) is 0 Å². The number of aromatic nitrogens is 2. The molecule has 1 aromatic heterocycles. The fourth-order valence-electron chi connectivity index (χ4n) is 3.06. The van der Waals surface area contributed by atoms with E-state index in [1.165, 1.54) is 15.6 Å². The van der Waals surface area contributed by atoms with Gasteiger partial charge in [0.1, 0.15) is 0 Å². The standard InChI is InChI=1S/C18H22Cl2N4O3S3/c1-2-8-28-18-23-22-17(29-18)21-16(25)13-4-3-7-24(10-13)30(26,27)11-12-5-6-14(19)15(20)9-12/h5-6,9,13H,2-4,7-8,10-11H2,1H3,(H,21,22,25)/t13-/m0/s1. The van der Waals surface area contributed by atoms with Crippen LogP contribution in [0, 0.1) is 5.92 Å². The molecule has 1 aromatic carbocycles. The van der Waals surface area contributed by atoms with E-state index in [4.69, 9.17) is 23.2 Å². The molecule has 1 aliphatic rings. The molecule has 30 heavy (non-hydrogen) atoms. The van der Waals surface area contributed by atoms with Crippen LogP contribution in [0.15, 0.2) is 22.5 Å². The lowest BCUT2D eigenvalue weighted by Crippen LogP contribution is -2.44. The summed E-state index contributed by atoms with van der Waals surface area (Å²) in [6.07, 6.45) is 2.27. The van der Waals surface area contributed by atoms with Crippen LogP contribution in [0.1, 0.15) is 31.7 Å². The summed E-state index contributed by atoms with van der Waals surface area (Å²) in [5.41, 5.74) is 0.557. The van der Waals surface area contributed by atoms with Crippen molar-refractivity contribution in [2.75, 3.05) is 24.2 Å². The van der Waals surface area contributed by atoms with E-state index in [-0.39, 0.29) is 18.2 Å². The number of carbonyl (C=O) groups is 1. The molecule has 1 saturated heterocycles. The van der Waals surface area contributed by atoms with E-state index in [0.29, 0.717) is 40.1 Å². The normalized spacial score (nSPS) is 17.8. The Hall–Kier alpha value is -0.910. The molecule has 1 aliphatic heterocycles. The van der Waals surface area contributed by atoms with Gasteiger partial charge in [0.25, 0.3) is 0 Å². The quantitative estimate of drug-likeness (QED) is 0.415. The molecule has 1 N–H and O–H groups in total. The first-order chi connectivity index (χ1) is 14.3. The Morgan fingerprint density at radius 1 is 1.33 bits per heavy atom. The van der Waals surface area contributed by atoms with Gasteiger partial charge in [0.05, 0.1) is 21.7 Å². The molecule has 2 aromatic rings. The van der Waals surface area contributed by atoms with Gasteiger partial charge in [0, 0.05) is 18.8 Å². The lowest BCUT2D eigenvalue weighted by Gasteiger charge is -2.31. The van der Waals surface area contributed by atoms with E-state index >= 15 is 0 Å². The summed E-state index contributed by atoms with van der Waals surface area (Å²) in [6.45, 7) is 2.62. The third-order valence-electron chi connectivity index (χ3n) is 4.55. The molecule has 0 bridgehead atoms. The van der Waals surface area contributed by atoms with Crippen molar-refractivity contribution in [3.8, 4) is 0 Å². The number of halogens is 2. The number of hydrogen-bond acceptors (Lipinski definition) is 7. The molecule has 0 spiro atoms. The Balaban J connectivity index is 1.61. The number of piperidine rings is 1. The molecule has 7 nitrogen and oxygen atoms in total. The summed E-state index contributed by atoms with van der Waals surface area (Å²) in [4.78, 5) is 12.7. The zero-order chi connectivity index (χ0) is 21.7. The summed E-state index contributed by atoms with van der Waals surface area (Å²) in [5, 5.41) is 12.0. The molecule has 0 unspecified atom stereocenters. The summed E-state index contributed by atoms with van der Waals surface area (Å²) in [7, 11) is -3.59. The van der Waals surface area contributed by atoms with Gasteiger partial charge in [-0.1, -0.05) is 59.3 Å². The summed E-state index contributed by atoms with van der Waals surface area (Å²) >= 11 is 14.8. The second-order valence-electron chi connectivity index (χ2n) is 6.91. The number of nitrogens with one attached hydrogen (secondary N) is 1. The van der Waals surface area contributed by atoms with Crippen LogP contribution in [0.5, 0.6) is 0 Å². The number of sulfonamides is 1. The van der Waals surface area contributed by atoms with Crippen molar-refractivity contribution in [1.82, 2.24) is 14.5 Å². The summed E-state index contributed by atoms with van der Waals surface area (Å²) in [6, 6.07) is 4.78. The van der Waals surface area contributed by atoms with Crippen molar-refractivity contribution in [1.29, 1.82) is 0 Å². The highest BCUT2D eigenvalue weighted by molar-refractivity contribution is 8.01. The second-order valence-corrected chi connectivity index (χ2v) is 12.0. The Kier molecular flexibility index (Phi) is 8.39. The maximum absolute atomic E-state index is 12.9. The van der Waals surface area contributed by atoms with Crippen LogP contribution < -0.4 is 5.32 Å². The van der Waals surface area contributed by atoms with E-state index in [9.17, 15) is 13.2 Å². The zero-order valence-electron chi connectivity index (χ0n) is 16.3. The van der Waals surface area contributed by atoms with Crippen molar-refractivity contribution in [2.24, 2.45) is 5.92 Å². The Labute approximate surface area is 194 Å². The minimum atomic E-state index is -3.59. The minimum absolute atomic E-state index is 0.145. The third-order valence-corrected chi connectivity index (χ3v) is 9.28. The Morgan fingerprint density at radius 2 is 2.13 bits per heavy atom. The number of rotatable bonds is 8. The van der Waals surface area contributed by atoms with Crippen LogP contribution in [0.3, 0.4) is 0 Å². The molecule has 0 aliphatic carbocycles. The monoisotopic (exact) mass is 508 g/mol. The van der Waals surface area contributed by atoms with Gasteiger partial charge in [-0.15, -0.1) is 10.2 Å². The fourth-order valence-corrected chi connectivity index (χ4v) is 6.65. The van der Waals surface area contributed by atoms with Crippen molar-refractivity contribution in [2.45, 2.75) is 36.3 Å². The topological polar surface area (TPSA) is 92.3 Å². The SMILES string of the molecule is CCCSc1nnc(NC(=O)[C@H]2CCCN(S(=O)(=O)Cc3ccc(Cl)c(Cl)c3)C2)s1. The lowest BCUT2D eigenvalue weighted by molar-refractivity contribution is -0.120. The van der Waals surface area contributed by atoms with Gasteiger partial charge in [-0.2, -0.15) is 0 Å². The van der Waals surface area contributed by atoms with E-state index in [0.717, 1.165) is 16.5 Å². The predicted octanol–water partition coefficient (Wildman–Crippen LogP) is 4.53. The Morgan fingerprint density at radius 3 is 2.87 bits per heavy atom. The number of nitrogens with zero attached hydrogens (tertiary/aromatic N) is 3. The van der Waals surface area contributed by atoms with Crippen LogP contribution in [-0.4, -0.2) is 47.7 Å². The average Bonchev–Trinajstić information content (AvgIpc) is 3.16. The molecule has 12 heteroatoms. The minimum Gasteiger partial charge on any atom is -0.300 e. The van der Waals surface area contributed by atoms with Crippen molar-refractivity contribution in [3.05, 3.63) is 33.8 Å². The van der Waals surface area contributed by atoms with Crippen LogP contribution in [0.4, 0.5) is 5.13 Å². The lowest BCUT2D eigenvalue weighted by atomic mass is 9.99. The molecule has 3 rings (SSSR count). The van der Waals surface area contributed by atoms with E-state index in [2.05, 4.69) is 22.4 Å². The molecule has 2 heterocycles. The van der Waals surface area contributed by atoms with Crippen molar-refractivity contribution >= 4 is 67.4 Å². The predicted molar refractivity (Wildman–Crippen MR) is 123 cm³/mol. The first kappa shape index (κ1) is 23.7. The maximum atomic E-state index is 12.9. The fraction of sp³-hybridized carbons (Fsp3) is 0.500. The number of amides is 1. The first-order valence-electron chi connectivity index (χ1n) is 9.47. The average molecular weight is 510 g/mol. The van der Waals surface area contributed by atoms with Gasteiger partial charge in [-0.05, 0) is 37.0 Å². The number of thioether (sulfide) groups is 1. The van der Waals surface area contributed by atoms with Gasteiger partial charge in [-0.3, -0.25) is 4.79 Å². The highest BCUT2D eigenvalue weighted by Gasteiger charge is 2.33. The van der Waals surface area contributed by atoms with Gasteiger partial charge < -0.3 is 5.32 Å². The van der Waals surface area contributed by atoms with Crippen LogP contribution >= 0.6 is 46.3 Å². The molecule has 1 amide bonds. The van der Waals surface area contributed by atoms with Crippen molar-refractivity contribution < 1.29 is 13.2 Å². The molecular formula is C18H22Cl2N4O3S3. The summed E-state index contributed by atoms with van der Waals surface area (Å²) < 4.78 is 27.9. The van der Waals surface area contributed by atoms with Gasteiger partial charge in [0.15, 0.2) is 4.34 Å². The van der Waals surface area contributed by atoms with E-state index in [1.807, 2.05) is 0 Å². The van der Waals surface area contributed by atoms with Crippen LogP contribution in [0.2, 0.25) is 10.0 Å². The van der Waals surface area contributed by atoms with Gasteiger partial charge >= 0.3 is 0 Å². The molecule has 1 atom stereocenters.